The van der Waals surface area contributed by atoms with E-state index in [-0.39, 0.29) is 0 Å². The van der Waals surface area contributed by atoms with Crippen LogP contribution < -0.4 is 5.32 Å². The normalized spacial score (nSPS) is 21.1. The maximum atomic E-state index is 5.31. The summed E-state index contributed by atoms with van der Waals surface area (Å²) in [6.07, 6.45) is 2.22. The number of benzene rings is 1. The molecule has 0 aliphatic carbocycles. The molecule has 2 heteroatoms. The first-order valence-electron chi connectivity index (χ1n) is 5.31. The van der Waals surface area contributed by atoms with E-state index in [1.54, 1.807) is 0 Å². The fraction of sp³-hybridized carbons (Fsp3) is 0.500. The van der Waals surface area contributed by atoms with Crippen molar-refractivity contribution >= 4 is 5.69 Å². The van der Waals surface area contributed by atoms with Gasteiger partial charge in [-0.2, -0.15) is 0 Å². The van der Waals surface area contributed by atoms with E-state index in [0.717, 1.165) is 26.1 Å². The molecule has 1 aromatic rings. The van der Waals surface area contributed by atoms with Gasteiger partial charge in [-0.15, -0.1) is 0 Å². The number of ether oxygens (including phenoxy) is 1. The third kappa shape index (κ3) is 2.26. The molecule has 2 nitrogen and oxygen atoms in total. The molecule has 1 unspecified atom stereocenters. The van der Waals surface area contributed by atoms with Gasteiger partial charge < -0.3 is 10.1 Å². The molecule has 1 N–H and O–H groups in total. The largest absolute Gasteiger partial charge is 0.380 e. The van der Waals surface area contributed by atoms with Crippen LogP contribution in [0, 0.1) is 0 Å². The van der Waals surface area contributed by atoms with E-state index in [0.29, 0.717) is 6.04 Å². The van der Waals surface area contributed by atoms with Crippen LogP contribution >= 0.6 is 0 Å². The first kappa shape index (κ1) is 9.53. The zero-order valence-electron chi connectivity index (χ0n) is 8.62. The molecule has 1 saturated heterocycles. The van der Waals surface area contributed by atoms with Crippen LogP contribution in [-0.2, 0) is 11.2 Å². The quantitative estimate of drug-likeness (QED) is 0.792. The summed E-state index contributed by atoms with van der Waals surface area (Å²) in [7, 11) is 0. The lowest BCUT2D eigenvalue weighted by molar-refractivity contribution is 0.195. The zero-order valence-corrected chi connectivity index (χ0v) is 8.62. The maximum absolute atomic E-state index is 5.31. The first-order chi connectivity index (χ1) is 6.88. The van der Waals surface area contributed by atoms with Crippen molar-refractivity contribution < 1.29 is 4.74 Å². The molecule has 1 aliphatic heterocycles. The first-order valence-corrected chi connectivity index (χ1v) is 5.31. The van der Waals surface area contributed by atoms with Crippen LogP contribution in [-0.4, -0.2) is 19.3 Å². The highest BCUT2D eigenvalue weighted by atomic mass is 16.5. The van der Waals surface area contributed by atoms with Gasteiger partial charge in [0.25, 0.3) is 0 Å². The molecule has 1 atom stereocenters. The van der Waals surface area contributed by atoms with Crippen LogP contribution in [0.2, 0.25) is 0 Å². The summed E-state index contributed by atoms with van der Waals surface area (Å²) >= 11 is 0. The van der Waals surface area contributed by atoms with E-state index in [1.807, 2.05) is 0 Å². The maximum Gasteiger partial charge on any atom is 0.0668 e. The van der Waals surface area contributed by atoms with Crippen LogP contribution in [0.3, 0.4) is 0 Å². The van der Waals surface area contributed by atoms with Crippen LogP contribution in [0.5, 0.6) is 0 Å². The average Bonchev–Trinajstić information content (AvgIpc) is 2.72. The third-order valence-corrected chi connectivity index (χ3v) is 2.66. The number of nitrogens with one attached hydrogen (secondary N) is 1. The predicted molar refractivity (Wildman–Crippen MR) is 58.7 cm³/mol. The van der Waals surface area contributed by atoms with E-state index < -0.39 is 0 Å². The van der Waals surface area contributed by atoms with Crippen molar-refractivity contribution in [1.82, 2.24) is 0 Å². The number of anilines is 1. The van der Waals surface area contributed by atoms with Crippen LogP contribution in [0.15, 0.2) is 24.3 Å². The molecule has 1 heterocycles. The molecule has 76 valence electrons. The summed E-state index contributed by atoms with van der Waals surface area (Å²) < 4.78 is 5.31. The predicted octanol–water partition coefficient (Wildman–Crippen LogP) is 2.45. The van der Waals surface area contributed by atoms with Crippen molar-refractivity contribution in [3.8, 4) is 0 Å². The SMILES string of the molecule is CCc1ccc(NC2CCOC2)cc1. The highest BCUT2D eigenvalue weighted by Gasteiger charge is 2.14. The smallest absolute Gasteiger partial charge is 0.0668 e. The van der Waals surface area contributed by atoms with Crippen molar-refractivity contribution in [2.75, 3.05) is 18.5 Å². The molecule has 1 aromatic carbocycles. The van der Waals surface area contributed by atoms with Gasteiger partial charge in [0.2, 0.25) is 0 Å². The fourth-order valence-corrected chi connectivity index (χ4v) is 1.72. The second kappa shape index (κ2) is 4.47. The minimum Gasteiger partial charge on any atom is -0.380 e. The van der Waals surface area contributed by atoms with Gasteiger partial charge in [-0.05, 0) is 30.5 Å². The standard InChI is InChI=1S/C12H17NO/c1-2-10-3-5-11(6-4-10)13-12-7-8-14-9-12/h3-6,12-13H,2,7-9H2,1H3. The Morgan fingerprint density at radius 2 is 2.14 bits per heavy atom. The summed E-state index contributed by atoms with van der Waals surface area (Å²) in [6, 6.07) is 9.16. The minimum atomic E-state index is 0.502. The molecule has 14 heavy (non-hydrogen) atoms. The Labute approximate surface area is 85.3 Å². The third-order valence-electron chi connectivity index (χ3n) is 2.66. The Hall–Kier alpha value is -1.02. The van der Waals surface area contributed by atoms with E-state index in [9.17, 15) is 0 Å². The summed E-state index contributed by atoms with van der Waals surface area (Å²) in [5, 5.41) is 3.47. The van der Waals surface area contributed by atoms with Gasteiger partial charge in [-0.25, -0.2) is 0 Å². The Kier molecular flexibility index (Phi) is 3.04. The van der Waals surface area contributed by atoms with Gasteiger partial charge in [-0.3, -0.25) is 0 Å². The monoisotopic (exact) mass is 191 g/mol. The molecular formula is C12H17NO. The van der Waals surface area contributed by atoms with E-state index >= 15 is 0 Å². The van der Waals surface area contributed by atoms with Crippen LogP contribution in [0.1, 0.15) is 18.9 Å². The number of hydrogen-bond acceptors (Lipinski definition) is 2. The molecule has 0 saturated carbocycles. The molecular weight excluding hydrogens is 174 g/mol. The van der Waals surface area contributed by atoms with Crippen molar-refractivity contribution in [3.05, 3.63) is 29.8 Å². The van der Waals surface area contributed by atoms with Gasteiger partial charge in [0.15, 0.2) is 0 Å². The summed E-state index contributed by atoms with van der Waals surface area (Å²) in [5.74, 6) is 0. The Bertz CT molecular complexity index is 275. The van der Waals surface area contributed by atoms with Gasteiger partial charge in [0.1, 0.15) is 0 Å². The van der Waals surface area contributed by atoms with Crippen LogP contribution in [0.25, 0.3) is 0 Å². The summed E-state index contributed by atoms with van der Waals surface area (Å²) in [6.45, 7) is 3.91. The van der Waals surface area contributed by atoms with Gasteiger partial charge >= 0.3 is 0 Å². The Balaban J connectivity index is 1.95. The van der Waals surface area contributed by atoms with Gasteiger partial charge in [-0.1, -0.05) is 19.1 Å². The fourth-order valence-electron chi connectivity index (χ4n) is 1.72. The average molecular weight is 191 g/mol. The highest BCUT2D eigenvalue weighted by molar-refractivity contribution is 5.45. The highest BCUT2D eigenvalue weighted by Crippen LogP contribution is 2.14. The van der Waals surface area contributed by atoms with Crippen LogP contribution in [0.4, 0.5) is 5.69 Å². The van der Waals surface area contributed by atoms with E-state index in [4.69, 9.17) is 4.74 Å². The molecule has 0 radical (unpaired) electrons. The second-order valence-electron chi connectivity index (χ2n) is 3.76. The van der Waals surface area contributed by atoms with E-state index in [2.05, 4.69) is 36.5 Å². The molecule has 2 rings (SSSR count). The van der Waals surface area contributed by atoms with Crippen molar-refractivity contribution in [2.45, 2.75) is 25.8 Å². The summed E-state index contributed by atoms with van der Waals surface area (Å²) in [5.41, 5.74) is 2.59. The van der Waals surface area contributed by atoms with Crippen molar-refractivity contribution in [2.24, 2.45) is 0 Å². The van der Waals surface area contributed by atoms with Crippen molar-refractivity contribution in [1.29, 1.82) is 0 Å². The Morgan fingerprint density at radius 1 is 1.36 bits per heavy atom. The molecule has 0 bridgehead atoms. The lowest BCUT2D eigenvalue weighted by Crippen LogP contribution is -2.18. The van der Waals surface area contributed by atoms with Gasteiger partial charge in [0.05, 0.1) is 12.6 Å². The molecule has 0 aromatic heterocycles. The molecule has 0 spiro atoms. The van der Waals surface area contributed by atoms with Gasteiger partial charge in [0, 0.05) is 12.3 Å². The molecule has 1 aliphatic rings. The zero-order chi connectivity index (χ0) is 9.80. The van der Waals surface area contributed by atoms with E-state index in [1.165, 1.54) is 11.3 Å². The number of hydrogen-bond donors (Lipinski definition) is 1. The summed E-state index contributed by atoms with van der Waals surface area (Å²) in [4.78, 5) is 0. The Morgan fingerprint density at radius 3 is 2.71 bits per heavy atom. The molecule has 1 fully saturated rings. The second-order valence-corrected chi connectivity index (χ2v) is 3.76. The molecule has 0 amide bonds. The number of rotatable bonds is 3. The van der Waals surface area contributed by atoms with Crippen molar-refractivity contribution in [3.63, 3.8) is 0 Å². The lowest BCUT2D eigenvalue weighted by atomic mass is 10.1. The minimum absolute atomic E-state index is 0.502. The topological polar surface area (TPSA) is 21.3 Å². The lowest BCUT2D eigenvalue weighted by Gasteiger charge is -2.12. The number of aryl methyl sites for hydroxylation is 1.